The second-order valence-electron chi connectivity index (χ2n) is 9.01. The molecular weight excluding hydrogens is 368 g/mol. The maximum Gasteiger partial charge on any atom is 0.255 e. The summed E-state index contributed by atoms with van der Waals surface area (Å²) in [6.07, 6.45) is 4.39. The van der Waals surface area contributed by atoms with Gasteiger partial charge in [-0.3, -0.25) is 19.7 Å². The lowest BCUT2D eigenvalue weighted by Gasteiger charge is -2.38. The van der Waals surface area contributed by atoms with Crippen LogP contribution in [0.15, 0.2) is 18.2 Å². The van der Waals surface area contributed by atoms with Crippen molar-refractivity contribution in [1.29, 1.82) is 0 Å². The number of rotatable bonds is 5. The molecule has 0 saturated carbocycles. The van der Waals surface area contributed by atoms with Crippen molar-refractivity contribution in [3.8, 4) is 0 Å². The summed E-state index contributed by atoms with van der Waals surface area (Å²) in [5, 5.41) is 6.00. The van der Waals surface area contributed by atoms with Gasteiger partial charge in [-0.2, -0.15) is 0 Å². The lowest BCUT2D eigenvalue weighted by atomic mass is 9.90. The maximum absolute atomic E-state index is 12.8. The van der Waals surface area contributed by atoms with Crippen LogP contribution in [0.1, 0.15) is 60.5 Å². The molecule has 0 aromatic heterocycles. The van der Waals surface area contributed by atoms with Gasteiger partial charge in [-0.05, 0) is 57.0 Å². The van der Waals surface area contributed by atoms with E-state index < -0.39 is 6.04 Å². The molecule has 0 aliphatic carbocycles. The predicted octanol–water partition coefficient (Wildman–Crippen LogP) is 1.41. The number of amides is 3. The van der Waals surface area contributed by atoms with Crippen molar-refractivity contribution >= 4 is 17.7 Å². The number of piperidine rings is 2. The quantitative estimate of drug-likeness (QED) is 0.733. The molecule has 0 radical (unpaired) electrons. The van der Waals surface area contributed by atoms with Gasteiger partial charge in [0.05, 0.1) is 0 Å². The van der Waals surface area contributed by atoms with Crippen LogP contribution in [-0.2, 0) is 22.7 Å². The largest absolute Gasteiger partial charge is 0.322 e. The van der Waals surface area contributed by atoms with Gasteiger partial charge >= 0.3 is 0 Å². The SMILES string of the molecule is CN(Cc1ccc2c(c1)CN(C1CCC(=O)NC1=O)C2=O)CC1(C)CCCCN1. The lowest BCUT2D eigenvalue weighted by Crippen LogP contribution is -2.52. The van der Waals surface area contributed by atoms with Crippen LogP contribution < -0.4 is 10.6 Å². The highest BCUT2D eigenvalue weighted by Crippen LogP contribution is 2.29. The van der Waals surface area contributed by atoms with E-state index in [1.807, 2.05) is 12.1 Å². The van der Waals surface area contributed by atoms with Crippen molar-refractivity contribution in [3.63, 3.8) is 0 Å². The van der Waals surface area contributed by atoms with Gasteiger partial charge in [0, 0.05) is 37.2 Å². The summed E-state index contributed by atoms with van der Waals surface area (Å²) in [5.41, 5.74) is 2.96. The Morgan fingerprint density at radius 2 is 2.07 bits per heavy atom. The van der Waals surface area contributed by atoms with Crippen LogP contribution in [0.4, 0.5) is 0 Å². The van der Waals surface area contributed by atoms with Crippen molar-refractivity contribution < 1.29 is 14.4 Å². The summed E-state index contributed by atoms with van der Waals surface area (Å²) < 4.78 is 0. The van der Waals surface area contributed by atoms with Crippen molar-refractivity contribution in [2.24, 2.45) is 0 Å². The molecule has 3 amide bonds. The summed E-state index contributed by atoms with van der Waals surface area (Å²) >= 11 is 0. The van der Waals surface area contributed by atoms with E-state index in [0.717, 1.165) is 25.2 Å². The third kappa shape index (κ3) is 4.21. The molecule has 3 aliphatic heterocycles. The second-order valence-corrected chi connectivity index (χ2v) is 9.01. The summed E-state index contributed by atoms with van der Waals surface area (Å²) in [6.45, 7) is 5.60. The number of imide groups is 1. The van der Waals surface area contributed by atoms with Crippen molar-refractivity contribution in [2.75, 3.05) is 20.1 Å². The molecule has 2 unspecified atom stereocenters. The molecule has 1 aromatic rings. The Labute approximate surface area is 171 Å². The van der Waals surface area contributed by atoms with Crippen LogP contribution in [-0.4, -0.2) is 59.2 Å². The number of nitrogens with zero attached hydrogens (tertiary/aromatic N) is 2. The number of carbonyl (C=O) groups excluding carboxylic acids is 3. The van der Waals surface area contributed by atoms with Crippen molar-refractivity contribution in [1.82, 2.24) is 20.4 Å². The Hall–Kier alpha value is -2.25. The minimum absolute atomic E-state index is 0.117. The van der Waals surface area contributed by atoms with Gasteiger partial charge in [0.2, 0.25) is 11.8 Å². The van der Waals surface area contributed by atoms with E-state index in [-0.39, 0.29) is 29.7 Å². The molecule has 29 heavy (non-hydrogen) atoms. The minimum atomic E-state index is -0.559. The zero-order chi connectivity index (χ0) is 20.6. The fourth-order valence-electron chi connectivity index (χ4n) is 4.94. The van der Waals surface area contributed by atoms with E-state index in [9.17, 15) is 14.4 Å². The molecule has 156 valence electrons. The topological polar surface area (TPSA) is 81.8 Å². The fourth-order valence-corrected chi connectivity index (χ4v) is 4.94. The molecule has 1 aromatic carbocycles. The second kappa shape index (κ2) is 7.88. The van der Waals surface area contributed by atoms with Gasteiger partial charge in [0.15, 0.2) is 0 Å². The van der Waals surface area contributed by atoms with E-state index in [2.05, 4.69) is 35.6 Å². The molecule has 3 heterocycles. The first-order chi connectivity index (χ1) is 13.8. The molecule has 7 heteroatoms. The Kier molecular flexibility index (Phi) is 5.44. The highest BCUT2D eigenvalue weighted by Gasteiger charge is 2.39. The molecule has 0 spiro atoms. The van der Waals surface area contributed by atoms with Gasteiger partial charge in [0.1, 0.15) is 6.04 Å². The predicted molar refractivity (Wildman–Crippen MR) is 109 cm³/mol. The Morgan fingerprint density at radius 1 is 1.24 bits per heavy atom. The highest BCUT2D eigenvalue weighted by atomic mass is 16.2. The van der Waals surface area contributed by atoms with Crippen LogP contribution in [0.25, 0.3) is 0 Å². The standard InChI is InChI=1S/C22H30N4O3/c1-22(9-3-4-10-23-22)14-25(2)12-15-5-6-17-16(11-15)13-26(21(17)29)18-7-8-19(27)24-20(18)28/h5-6,11,18,23H,3-4,7-10,12-14H2,1-2H3,(H,24,27,28). The summed E-state index contributed by atoms with van der Waals surface area (Å²) in [6, 6.07) is 5.42. The number of fused-ring (bicyclic) bond motifs is 1. The monoisotopic (exact) mass is 398 g/mol. The van der Waals surface area contributed by atoms with Crippen LogP contribution >= 0.6 is 0 Å². The first kappa shape index (κ1) is 20.0. The third-order valence-electron chi connectivity index (χ3n) is 6.37. The van der Waals surface area contributed by atoms with Crippen LogP contribution in [0.5, 0.6) is 0 Å². The van der Waals surface area contributed by atoms with Crippen molar-refractivity contribution in [2.45, 2.75) is 63.7 Å². The van der Waals surface area contributed by atoms with E-state index in [4.69, 9.17) is 0 Å². The van der Waals surface area contributed by atoms with E-state index >= 15 is 0 Å². The summed E-state index contributed by atoms with van der Waals surface area (Å²) in [7, 11) is 2.13. The minimum Gasteiger partial charge on any atom is -0.322 e. The molecule has 0 bridgehead atoms. The smallest absolute Gasteiger partial charge is 0.255 e. The number of hydrogen-bond acceptors (Lipinski definition) is 5. The first-order valence-corrected chi connectivity index (χ1v) is 10.5. The Balaban J connectivity index is 1.42. The normalized spacial score (nSPS) is 27.3. The number of benzene rings is 1. The molecule has 2 N–H and O–H groups in total. The van der Waals surface area contributed by atoms with E-state index in [1.54, 1.807) is 4.90 Å². The summed E-state index contributed by atoms with van der Waals surface area (Å²) in [5.74, 6) is -0.745. The van der Waals surface area contributed by atoms with E-state index in [0.29, 0.717) is 18.5 Å². The Morgan fingerprint density at radius 3 is 2.79 bits per heavy atom. The number of hydrogen-bond donors (Lipinski definition) is 2. The fraction of sp³-hybridized carbons (Fsp3) is 0.591. The van der Waals surface area contributed by atoms with Gasteiger partial charge in [-0.15, -0.1) is 0 Å². The zero-order valence-corrected chi connectivity index (χ0v) is 17.3. The van der Waals surface area contributed by atoms with E-state index in [1.165, 1.54) is 24.8 Å². The lowest BCUT2D eigenvalue weighted by molar-refractivity contribution is -0.136. The molecule has 3 aliphatic rings. The molecule has 2 saturated heterocycles. The number of nitrogens with one attached hydrogen (secondary N) is 2. The average molecular weight is 399 g/mol. The van der Waals surface area contributed by atoms with Gasteiger partial charge < -0.3 is 15.1 Å². The molecule has 2 fully saturated rings. The Bertz CT molecular complexity index is 831. The first-order valence-electron chi connectivity index (χ1n) is 10.5. The summed E-state index contributed by atoms with van der Waals surface area (Å²) in [4.78, 5) is 40.3. The molecule has 2 atom stereocenters. The third-order valence-corrected chi connectivity index (χ3v) is 6.37. The van der Waals surface area contributed by atoms with Gasteiger partial charge in [0.25, 0.3) is 5.91 Å². The number of likely N-dealkylation sites (N-methyl/N-ethyl adjacent to an activating group) is 1. The average Bonchev–Trinajstić information content (AvgIpc) is 2.97. The number of carbonyl (C=O) groups is 3. The van der Waals surface area contributed by atoms with Crippen LogP contribution in [0.3, 0.4) is 0 Å². The molecular formula is C22H30N4O3. The van der Waals surface area contributed by atoms with Crippen LogP contribution in [0, 0.1) is 0 Å². The molecule has 4 rings (SSSR count). The maximum atomic E-state index is 12.8. The molecule has 7 nitrogen and oxygen atoms in total. The highest BCUT2D eigenvalue weighted by molar-refractivity contribution is 6.05. The van der Waals surface area contributed by atoms with Crippen molar-refractivity contribution in [3.05, 3.63) is 34.9 Å². The zero-order valence-electron chi connectivity index (χ0n) is 17.3. The van der Waals surface area contributed by atoms with Gasteiger partial charge in [-0.1, -0.05) is 18.6 Å². The van der Waals surface area contributed by atoms with Gasteiger partial charge in [-0.25, -0.2) is 0 Å². The van der Waals surface area contributed by atoms with Crippen LogP contribution in [0.2, 0.25) is 0 Å².